The van der Waals surface area contributed by atoms with E-state index in [2.05, 4.69) is 20.8 Å². The van der Waals surface area contributed by atoms with E-state index in [1.165, 1.54) is 6.33 Å². The maximum Gasteiger partial charge on any atom is 0.222 e. The standard InChI is InChI=1S/C17H19N5O2S/c1-24-15-4-2-13(3-5-15)6-8-18-17(23)10-16(14-7-9-25-11-14)22-12-19-20-21-22/h2-5,7,9,11-12,16H,6,8,10H2,1H3,(H,18,23)/t16-/m1/s1. The van der Waals surface area contributed by atoms with Gasteiger partial charge in [0, 0.05) is 6.54 Å². The van der Waals surface area contributed by atoms with Crippen LogP contribution in [0, 0.1) is 0 Å². The molecular weight excluding hydrogens is 338 g/mol. The van der Waals surface area contributed by atoms with Gasteiger partial charge in [-0.05, 0) is 56.9 Å². The minimum Gasteiger partial charge on any atom is -0.497 e. The van der Waals surface area contributed by atoms with Gasteiger partial charge in [-0.2, -0.15) is 11.3 Å². The number of carbonyl (C=O) groups excluding carboxylic acids is 1. The number of hydrogen-bond acceptors (Lipinski definition) is 6. The molecule has 3 aromatic rings. The van der Waals surface area contributed by atoms with E-state index in [4.69, 9.17) is 4.74 Å². The first-order chi connectivity index (χ1) is 12.3. The van der Waals surface area contributed by atoms with E-state index >= 15 is 0 Å². The summed E-state index contributed by atoms with van der Waals surface area (Å²) in [6.07, 6.45) is 2.60. The normalized spacial score (nSPS) is 11.9. The van der Waals surface area contributed by atoms with Gasteiger partial charge in [-0.3, -0.25) is 4.79 Å². The van der Waals surface area contributed by atoms with Crippen molar-refractivity contribution < 1.29 is 9.53 Å². The average Bonchev–Trinajstić information content (AvgIpc) is 3.34. The van der Waals surface area contributed by atoms with E-state index in [1.807, 2.05) is 41.1 Å². The van der Waals surface area contributed by atoms with Crippen LogP contribution in [0.3, 0.4) is 0 Å². The van der Waals surface area contributed by atoms with Crippen LogP contribution in [0.4, 0.5) is 0 Å². The molecule has 130 valence electrons. The first-order valence-corrected chi connectivity index (χ1v) is 8.84. The molecule has 0 saturated heterocycles. The highest BCUT2D eigenvalue weighted by Gasteiger charge is 2.19. The second-order valence-corrected chi connectivity index (χ2v) is 6.29. The van der Waals surface area contributed by atoms with Gasteiger partial charge in [0.15, 0.2) is 0 Å². The number of nitrogens with one attached hydrogen (secondary N) is 1. The van der Waals surface area contributed by atoms with E-state index in [0.717, 1.165) is 23.3 Å². The van der Waals surface area contributed by atoms with Gasteiger partial charge in [0.1, 0.15) is 12.1 Å². The number of ether oxygens (including phenoxy) is 1. The highest BCUT2D eigenvalue weighted by molar-refractivity contribution is 7.07. The molecule has 3 rings (SSSR count). The van der Waals surface area contributed by atoms with Gasteiger partial charge in [-0.1, -0.05) is 12.1 Å². The molecule has 1 amide bonds. The number of rotatable bonds is 8. The first kappa shape index (κ1) is 17.1. The number of methoxy groups -OCH3 is 1. The van der Waals surface area contributed by atoms with Gasteiger partial charge in [0.2, 0.25) is 5.91 Å². The lowest BCUT2D eigenvalue weighted by molar-refractivity contribution is -0.121. The fraction of sp³-hybridized carbons (Fsp3) is 0.294. The van der Waals surface area contributed by atoms with Crippen LogP contribution in [0.25, 0.3) is 0 Å². The Morgan fingerprint density at radius 2 is 2.16 bits per heavy atom. The topological polar surface area (TPSA) is 81.9 Å². The highest BCUT2D eigenvalue weighted by atomic mass is 32.1. The van der Waals surface area contributed by atoms with Crippen molar-refractivity contribution in [3.63, 3.8) is 0 Å². The summed E-state index contributed by atoms with van der Waals surface area (Å²) < 4.78 is 6.76. The van der Waals surface area contributed by atoms with E-state index in [1.54, 1.807) is 23.1 Å². The van der Waals surface area contributed by atoms with Crippen LogP contribution in [0.1, 0.15) is 23.6 Å². The Morgan fingerprint density at radius 1 is 1.32 bits per heavy atom. The van der Waals surface area contributed by atoms with E-state index in [9.17, 15) is 4.79 Å². The maximum absolute atomic E-state index is 12.3. The molecule has 0 saturated carbocycles. The molecule has 0 bridgehead atoms. The number of carbonyl (C=O) groups is 1. The summed E-state index contributed by atoms with van der Waals surface area (Å²) in [5.41, 5.74) is 2.18. The minimum atomic E-state index is -0.192. The summed E-state index contributed by atoms with van der Waals surface area (Å²) in [6.45, 7) is 0.580. The number of aromatic nitrogens is 4. The van der Waals surface area contributed by atoms with Crippen LogP contribution in [-0.4, -0.2) is 39.8 Å². The summed E-state index contributed by atoms with van der Waals surface area (Å²) in [5.74, 6) is 0.799. The van der Waals surface area contributed by atoms with Crippen molar-refractivity contribution in [3.05, 3.63) is 58.5 Å². The van der Waals surface area contributed by atoms with Crippen molar-refractivity contribution in [3.8, 4) is 5.75 Å². The fourth-order valence-corrected chi connectivity index (χ4v) is 3.23. The number of thiophene rings is 1. The molecule has 0 fully saturated rings. The van der Waals surface area contributed by atoms with E-state index < -0.39 is 0 Å². The summed E-state index contributed by atoms with van der Waals surface area (Å²) >= 11 is 1.59. The van der Waals surface area contributed by atoms with Crippen LogP contribution >= 0.6 is 11.3 Å². The molecule has 0 aliphatic rings. The van der Waals surface area contributed by atoms with Gasteiger partial charge in [0.05, 0.1) is 19.6 Å². The van der Waals surface area contributed by atoms with Crippen LogP contribution in [0.15, 0.2) is 47.4 Å². The molecule has 2 heterocycles. The maximum atomic E-state index is 12.3. The van der Waals surface area contributed by atoms with Gasteiger partial charge < -0.3 is 10.1 Å². The minimum absolute atomic E-state index is 0.0276. The predicted molar refractivity (Wildman–Crippen MR) is 94.6 cm³/mol. The Hall–Kier alpha value is -2.74. The zero-order chi connectivity index (χ0) is 17.5. The average molecular weight is 357 g/mol. The van der Waals surface area contributed by atoms with Gasteiger partial charge >= 0.3 is 0 Å². The number of tetrazole rings is 1. The second-order valence-electron chi connectivity index (χ2n) is 5.51. The number of hydrogen-bond donors (Lipinski definition) is 1. The van der Waals surface area contributed by atoms with Crippen molar-refractivity contribution in [2.75, 3.05) is 13.7 Å². The Kier molecular flexibility index (Phi) is 5.73. The SMILES string of the molecule is COc1ccc(CCNC(=O)C[C@H](c2ccsc2)n2cnnn2)cc1. The third-order valence-electron chi connectivity index (χ3n) is 3.89. The zero-order valence-electron chi connectivity index (χ0n) is 13.8. The lowest BCUT2D eigenvalue weighted by atomic mass is 10.1. The molecule has 1 N–H and O–H groups in total. The first-order valence-electron chi connectivity index (χ1n) is 7.90. The molecular formula is C17H19N5O2S. The summed E-state index contributed by atoms with van der Waals surface area (Å²) in [6, 6.07) is 9.63. The van der Waals surface area contributed by atoms with Crippen LogP contribution in [0.2, 0.25) is 0 Å². The van der Waals surface area contributed by atoms with Gasteiger partial charge in [-0.25, -0.2) is 4.68 Å². The van der Waals surface area contributed by atoms with Crippen LogP contribution in [-0.2, 0) is 11.2 Å². The molecule has 1 atom stereocenters. The molecule has 2 aromatic heterocycles. The van der Waals surface area contributed by atoms with E-state index in [0.29, 0.717) is 13.0 Å². The molecule has 0 unspecified atom stereocenters. The van der Waals surface area contributed by atoms with Gasteiger partial charge in [0.25, 0.3) is 0 Å². The summed E-state index contributed by atoms with van der Waals surface area (Å²) in [5, 5.41) is 18.2. The summed E-state index contributed by atoms with van der Waals surface area (Å²) in [4.78, 5) is 12.3. The molecule has 7 nitrogen and oxygen atoms in total. The van der Waals surface area contributed by atoms with E-state index in [-0.39, 0.29) is 11.9 Å². The number of benzene rings is 1. The third-order valence-corrected chi connectivity index (χ3v) is 4.59. The molecule has 0 aliphatic carbocycles. The number of amides is 1. The quantitative estimate of drug-likeness (QED) is 0.667. The Morgan fingerprint density at radius 3 is 2.80 bits per heavy atom. The Labute approximate surface area is 149 Å². The lowest BCUT2D eigenvalue weighted by Gasteiger charge is -2.15. The smallest absolute Gasteiger partial charge is 0.222 e. The molecule has 8 heteroatoms. The van der Waals surface area contributed by atoms with Crippen molar-refractivity contribution in [2.45, 2.75) is 18.9 Å². The monoisotopic (exact) mass is 357 g/mol. The number of nitrogens with zero attached hydrogens (tertiary/aromatic N) is 4. The molecule has 0 radical (unpaired) electrons. The molecule has 1 aromatic carbocycles. The van der Waals surface area contributed by atoms with Gasteiger partial charge in [-0.15, -0.1) is 5.10 Å². The third kappa shape index (κ3) is 4.63. The largest absolute Gasteiger partial charge is 0.497 e. The van der Waals surface area contributed by atoms with Crippen molar-refractivity contribution >= 4 is 17.2 Å². The fourth-order valence-electron chi connectivity index (χ4n) is 2.53. The zero-order valence-corrected chi connectivity index (χ0v) is 14.6. The second kappa shape index (κ2) is 8.39. The van der Waals surface area contributed by atoms with Crippen molar-refractivity contribution in [1.82, 2.24) is 25.5 Å². The Balaban J connectivity index is 1.53. The summed E-state index contributed by atoms with van der Waals surface area (Å²) in [7, 11) is 1.64. The highest BCUT2D eigenvalue weighted by Crippen LogP contribution is 2.23. The molecule has 0 aliphatic heterocycles. The lowest BCUT2D eigenvalue weighted by Crippen LogP contribution is -2.29. The van der Waals surface area contributed by atoms with Crippen LogP contribution < -0.4 is 10.1 Å². The molecule has 0 spiro atoms. The Bertz CT molecular complexity index is 738. The van der Waals surface area contributed by atoms with Crippen molar-refractivity contribution in [1.29, 1.82) is 0 Å². The van der Waals surface area contributed by atoms with Crippen molar-refractivity contribution in [2.24, 2.45) is 0 Å². The van der Waals surface area contributed by atoms with Crippen LogP contribution in [0.5, 0.6) is 5.75 Å². The molecule has 25 heavy (non-hydrogen) atoms. The predicted octanol–water partition coefficient (Wildman–Crippen LogP) is 2.08.